The summed E-state index contributed by atoms with van der Waals surface area (Å²) in [7, 11) is 1.32. The molecule has 0 spiro atoms. The average Bonchev–Trinajstić information content (AvgIpc) is 3.69. The molecular formula is C30H22FN3O5S2. The standard InChI is InChI=1S/C30H22FN3O5S2/c1-16-10-12-23(39-16)25-24(26(35)18-11-13-22(38-2)21(31)14-18)27(36)28(37)34(25)29-32-33-30(41-29)40-15-19-8-5-7-17-6-3-4-9-20(17)19/h3-14,25,35H,15H2,1-2H3/b26-24+. The first-order chi connectivity index (χ1) is 19.9. The Morgan fingerprint density at radius 2 is 1.90 bits per heavy atom. The molecule has 1 saturated heterocycles. The maximum Gasteiger partial charge on any atom is 0.302 e. The highest BCUT2D eigenvalue weighted by Gasteiger charge is 2.49. The molecule has 0 radical (unpaired) electrons. The number of halogens is 1. The number of hydrogen-bond acceptors (Lipinski definition) is 9. The monoisotopic (exact) mass is 587 g/mol. The number of aliphatic hydroxyl groups excluding tert-OH is 1. The molecule has 11 heteroatoms. The molecule has 1 fully saturated rings. The Bertz CT molecular complexity index is 1840. The summed E-state index contributed by atoms with van der Waals surface area (Å²) in [6.07, 6.45) is 0. The summed E-state index contributed by atoms with van der Waals surface area (Å²) in [5, 5.41) is 22.1. The van der Waals surface area contributed by atoms with E-state index >= 15 is 0 Å². The lowest BCUT2D eigenvalue weighted by Crippen LogP contribution is -2.29. The number of benzene rings is 3. The van der Waals surface area contributed by atoms with Crippen LogP contribution < -0.4 is 9.64 Å². The molecule has 8 nitrogen and oxygen atoms in total. The number of anilines is 1. The second kappa shape index (κ2) is 10.8. The molecule has 6 rings (SSSR count). The fraction of sp³-hybridized carbons (Fsp3) is 0.133. The molecule has 3 aromatic carbocycles. The van der Waals surface area contributed by atoms with Gasteiger partial charge in [0.1, 0.15) is 23.3 Å². The van der Waals surface area contributed by atoms with Crippen LogP contribution in [-0.2, 0) is 15.3 Å². The van der Waals surface area contributed by atoms with Gasteiger partial charge in [0.2, 0.25) is 5.13 Å². The van der Waals surface area contributed by atoms with Gasteiger partial charge in [-0.2, -0.15) is 0 Å². The molecular weight excluding hydrogens is 565 g/mol. The third-order valence-electron chi connectivity index (χ3n) is 6.73. The van der Waals surface area contributed by atoms with Crippen LogP contribution in [0.2, 0.25) is 0 Å². The number of hydrogen-bond donors (Lipinski definition) is 1. The van der Waals surface area contributed by atoms with Crippen LogP contribution in [0, 0.1) is 12.7 Å². The summed E-state index contributed by atoms with van der Waals surface area (Å²) in [5.41, 5.74) is 0.898. The number of aliphatic hydroxyl groups is 1. The van der Waals surface area contributed by atoms with Gasteiger partial charge < -0.3 is 14.3 Å². The maximum atomic E-state index is 14.5. The molecule has 1 aliphatic heterocycles. The highest BCUT2D eigenvalue weighted by molar-refractivity contribution is 8.00. The van der Waals surface area contributed by atoms with Gasteiger partial charge >= 0.3 is 5.91 Å². The van der Waals surface area contributed by atoms with E-state index in [1.165, 1.54) is 35.9 Å². The van der Waals surface area contributed by atoms with Crippen molar-refractivity contribution in [1.82, 2.24) is 10.2 Å². The molecule has 1 atom stereocenters. The van der Waals surface area contributed by atoms with Gasteiger partial charge in [-0.1, -0.05) is 65.6 Å². The first-order valence-corrected chi connectivity index (χ1v) is 14.3. The number of amides is 1. The molecule has 1 N–H and O–H groups in total. The number of Topliss-reactive ketones (excluding diaryl/α,β-unsaturated/α-hetero) is 1. The number of nitrogens with zero attached hydrogens (tertiary/aromatic N) is 3. The number of aromatic nitrogens is 2. The third kappa shape index (κ3) is 4.87. The minimum atomic E-state index is -1.13. The Kier molecular flexibility index (Phi) is 7.06. The Labute approximate surface area is 242 Å². The summed E-state index contributed by atoms with van der Waals surface area (Å²) >= 11 is 2.62. The Morgan fingerprint density at radius 1 is 1.10 bits per heavy atom. The number of ether oxygens (including phenoxy) is 1. The molecule has 0 saturated carbocycles. The molecule has 1 aliphatic rings. The first-order valence-electron chi connectivity index (χ1n) is 12.5. The normalized spacial score (nSPS) is 16.6. The van der Waals surface area contributed by atoms with Crippen LogP contribution in [0.4, 0.5) is 9.52 Å². The largest absolute Gasteiger partial charge is 0.507 e. The minimum absolute atomic E-state index is 0.0122. The van der Waals surface area contributed by atoms with Crippen molar-refractivity contribution in [3.63, 3.8) is 0 Å². The van der Waals surface area contributed by atoms with Crippen molar-refractivity contribution in [2.24, 2.45) is 0 Å². The number of thioether (sulfide) groups is 1. The van der Waals surface area contributed by atoms with Crippen LogP contribution >= 0.6 is 23.1 Å². The van der Waals surface area contributed by atoms with E-state index in [1.54, 1.807) is 19.1 Å². The summed E-state index contributed by atoms with van der Waals surface area (Å²) < 4.78 is 25.8. The third-order valence-corrected chi connectivity index (χ3v) is 8.84. The number of carbonyl (C=O) groups excluding carboxylic acids is 2. The van der Waals surface area contributed by atoms with Crippen LogP contribution in [0.5, 0.6) is 5.75 Å². The molecule has 2 aromatic heterocycles. The fourth-order valence-corrected chi connectivity index (χ4v) is 6.66. The maximum absolute atomic E-state index is 14.5. The van der Waals surface area contributed by atoms with Gasteiger partial charge in [0.15, 0.2) is 15.9 Å². The second-order valence-electron chi connectivity index (χ2n) is 9.24. The van der Waals surface area contributed by atoms with Gasteiger partial charge in [-0.25, -0.2) is 4.39 Å². The van der Waals surface area contributed by atoms with E-state index in [0.29, 0.717) is 15.9 Å². The zero-order valence-corrected chi connectivity index (χ0v) is 23.5. The van der Waals surface area contributed by atoms with Gasteiger partial charge in [-0.15, -0.1) is 10.2 Å². The van der Waals surface area contributed by atoms with E-state index in [-0.39, 0.29) is 27.8 Å². The molecule has 1 unspecified atom stereocenters. The second-order valence-corrected chi connectivity index (χ2v) is 11.4. The highest BCUT2D eigenvalue weighted by atomic mass is 32.2. The summed E-state index contributed by atoms with van der Waals surface area (Å²) in [4.78, 5) is 27.9. The number of furan rings is 1. The van der Waals surface area contributed by atoms with E-state index < -0.39 is 29.3 Å². The summed E-state index contributed by atoms with van der Waals surface area (Å²) in [6.45, 7) is 1.72. The fourth-order valence-electron chi connectivity index (χ4n) is 4.78. The van der Waals surface area contributed by atoms with Gasteiger partial charge in [-0.05, 0) is 53.6 Å². The van der Waals surface area contributed by atoms with Gasteiger partial charge in [-0.3, -0.25) is 14.5 Å². The van der Waals surface area contributed by atoms with Crippen LogP contribution in [0.3, 0.4) is 0 Å². The van der Waals surface area contributed by atoms with E-state index in [1.807, 2.05) is 18.2 Å². The van der Waals surface area contributed by atoms with Crippen LogP contribution in [0.15, 0.2) is 87.1 Å². The van der Waals surface area contributed by atoms with Crippen LogP contribution in [0.1, 0.15) is 28.7 Å². The molecule has 5 aromatic rings. The number of rotatable bonds is 7. The quantitative estimate of drug-likeness (QED) is 0.0741. The lowest BCUT2D eigenvalue weighted by Gasteiger charge is -2.20. The summed E-state index contributed by atoms with van der Waals surface area (Å²) in [6, 6.07) is 20.2. The zero-order valence-electron chi connectivity index (χ0n) is 21.8. The smallest absolute Gasteiger partial charge is 0.302 e. The first kappa shape index (κ1) is 26.7. The Morgan fingerprint density at radius 3 is 2.66 bits per heavy atom. The highest BCUT2D eigenvalue weighted by Crippen LogP contribution is 2.44. The Hall–Kier alpha value is -4.48. The van der Waals surface area contributed by atoms with Gasteiger partial charge in [0.25, 0.3) is 5.78 Å². The van der Waals surface area contributed by atoms with E-state index in [4.69, 9.17) is 9.15 Å². The molecule has 3 heterocycles. The number of aryl methyl sites for hydroxylation is 1. The van der Waals surface area contributed by atoms with Crippen molar-refractivity contribution in [3.05, 3.63) is 107 Å². The average molecular weight is 588 g/mol. The lowest BCUT2D eigenvalue weighted by atomic mass is 9.99. The summed E-state index contributed by atoms with van der Waals surface area (Å²) in [5.74, 6) is -1.72. The van der Waals surface area contributed by atoms with Crippen molar-refractivity contribution in [1.29, 1.82) is 0 Å². The molecule has 0 aliphatic carbocycles. The molecule has 0 bridgehead atoms. The molecule has 1 amide bonds. The number of fused-ring (bicyclic) bond motifs is 1. The van der Waals surface area contributed by atoms with Crippen LogP contribution in [-0.4, -0.2) is 34.1 Å². The minimum Gasteiger partial charge on any atom is -0.507 e. The van der Waals surface area contributed by atoms with Gasteiger partial charge in [0, 0.05) is 11.3 Å². The SMILES string of the molecule is COc1ccc(/C(O)=C2\C(=O)C(=O)N(c3nnc(SCc4cccc5ccccc45)s3)C2c2ccc(C)o2)cc1F. The Balaban J connectivity index is 1.36. The zero-order chi connectivity index (χ0) is 28.7. The van der Waals surface area contributed by atoms with Crippen molar-refractivity contribution < 1.29 is 28.2 Å². The number of carbonyl (C=O) groups is 2. The van der Waals surface area contributed by atoms with Crippen molar-refractivity contribution in [2.75, 3.05) is 12.0 Å². The van der Waals surface area contributed by atoms with Crippen molar-refractivity contribution in [2.45, 2.75) is 23.1 Å². The predicted molar refractivity (Wildman–Crippen MR) is 155 cm³/mol. The molecule has 206 valence electrons. The van der Waals surface area contributed by atoms with Crippen molar-refractivity contribution >= 4 is 56.5 Å². The topological polar surface area (TPSA) is 106 Å². The lowest BCUT2D eigenvalue weighted by molar-refractivity contribution is -0.132. The van der Waals surface area contributed by atoms with Gasteiger partial charge in [0.05, 0.1) is 12.7 Å². The van der Waals surface area contributed by atoms with E-state index in [9.17, 15) is 19.1 Å². The van der Waals surface area contributed by atoms with Crippen LogP contribution in [0.25, 0.3) is 16.5 Å². The van der Waals surface area contributed by atoms with E-state index in [2.05, 4.69) is 34.5 Å². The number of methoxy groups -OCH3 is 1. The predicted octanol–water partition coefficient (Wildman–Crippen LogP) is 6.66. The van der Waals surface area contributed by atoms with E-state index in [0.717, 1.165) is 33.7 Å². The molecule has 41 heavy (non-hydrogen) atoms. The number of ketones is 1. The van der Waals surface area contributed by atoms with Crippen molar-refractivity contribution in [3.8, 4) is 5.75 Å².